The Morgan fingerprint density at radius 1 is 0.818 bits per heavy atom. The zero-order valence-corrected chi connectivity index (χ0v) is 19.9. The number of piperidine rings is 2. The summed E-state index contributed by atoms with van der Waals surface area (Å²) in [6.45, 7) is 4.22. The summed E-state index contributed by atoms with van der Waals surface area (Å²) in [6.07, 6.45) is 5.82. The number of aryl methyl sites for hydroxylation is 1. The number of rotatable bonds is 5. The highest BCUT2D eigenvalue weighted by Crippen LogP contribution is 2.25. The molecule has 2 fully saturated rings. The number of likely N-dealkylation sites (tertiary alicyclic amines) is 1. The summed E-state index contributed by atoms with van der Waals surface area (Å²) in [5, 5.41) is 2.85. The molecule has 33 heavy (non-hydrogen) atoms. The van der Waals surface area contributed by atoms with E-state index < -0.39 is 15.9 Å². The van der Waals surface area contributed by atoms with E-state index in [1.165, 1.54) is 10.4 Å². The molecule has 1 N–H and O–H groups in total. The Balaban J connectivity index is 1.58. The molecule has 0 saturated carbocycles. The molecule has 0 bridgehead atoms. The van der Waals surface area contributed by atoms with E-state index in [1.54, 1.807) is 43.3 Å². The van der Waals surface area contributed by atoms with Crippen molar-refractivity contribution in [3.8, 4) is 0 Å². The van der Waals surface area contributed by atoms with Crippen LogP contribution in [0.1, 0.15) is 64.8 Å². The summed E-state index contributed by atoms with van der Waals surface area (Å²) < 4.78 is 27.7. The van der Waals surface area contributed by atoms with Crippen LogP contribution < -0.4 is 5.32 Å². The maximum Gasteiger partial charge on any atom is 0.255 e. The van der Waals surface area contributed by atoms with Crippen LogP contribution in [-0.4, -0.2) is 55.6 Å². The second-order valence-electron chi connectivity index (χ2n) is 8.79. The molecule has 0 aromatic heterocycles. The minimum Gasteiger partial charge on any atom is -0.339 e. The molecule has 176 valence electrons. The van der Waals surface area contributed by atoms with Gasteiger partial charge in [-0.15, -0.1) is 0 Å². The smallest absolute Gasteiger partial charge is 0.255 e. The zero-order valence-electron chi connectivity index (χ0n) is 19.0. The molecule has 2 aliphatic heterocycles. The average Bonchev–Trinajstić information content (AvgIpc) is 2.85. The number of para-hydroxylation sites is 1. The number of amides is 2. The molecule has 0 unspecified atom stereocenters. The van der Waals surface area contributed by atoms with E-state index in [1.807, 2.05) is 4.90 Å². The second-order valence-corrected chi connectivity index (χ2v) is 10.7. The molecule has 2 aromatic carbocycles. The van der Waals surface area contributed by atoms with Crippen LogP contribution in [0.3, 0.4) is 0 Å². The van der Waals surface area contributed by atoms with Crippen LogP contribution in [0.4, 0.5) is 5.69 Å². The first-order chi connectivity index (χ1) is 15.9. The number of benzene rings is 2. The van der Waals surface area contributed by atoms with Gasteiger partial charge < -0.3 is 10.2 Å². The van der Waals surface area contributed by atoms with Crippen molar-refractivity contribution in [2.24, 2.45) is 0 Å². The Morgan fingerprint density at radius 3 is 2.15 bits per heavy atom. The van der Waals surface area contributed by atoms with Crippen LogP contribution in [0, 0.1) is 6.92 Å². The molecule has 2 heterocycles. The number of nitrogens with zero attached hydrogens (tertiary/aromatic N) is 2. The lowest BCUT2D eigenvalue weighted by Gasteiger charge is -2.27. The van der Waals surface area contributed by atoms with Crippen LogP contribution in [0.2, 0.25) is 0 Å². The summed E-state index contributed by atoms with van der Waals surface area (Å²) in [5.74, 6) is -0.522. The lowest BCUT2D eigenvalue weighted by Crippen LogP contribution is -2.36. The third-order valence-electron chi connectivity index (χ3n) is 6.46. The van der Waals surface area contributed by atoms with E-state index in [0.29, 0.717) is 29.9 Å². The molecule has 7 nitrogen and oxygen atoms in total. The molecule has 0 spiro atoms. The van der Waals surface area contributed by atoms with Gasteiger partial charge >= 0.3 is 0 Å². The molecule has 2 amide bonds. The Kier molecular flexibility index (Phi) is 7.14. The van der Waals surface area contributed by atoms with E-state index >= 15 is 0 Å². The monoisotopic (exact) mass is 469 g/mol. The van der Waals surface area contributed by atoms with Crippen LogP contribution in [0.25, 0.3) is 0 Å². The maximum atomic E-state index is 13.2. The summed E-state index contributed by atoms with van der Waals surface area (Å²) in [6, 6.07) is 11.6. The highest BCUT2D eigenvalue weighted by molar-refractivity contribution is 7.89. The Bertz CT molecular complexity index is 1130. The normalized spacial score (nSPS) is 17.5. The molecule has 4 rings (SSSR count). The standard InChI is InChI=1S/C25H31N3O4S/c1-19-12-13-20(33(31,32)28-16-8-3-9-17-28)18-22(19)24(29)26-23-11-5-4-10-21(23)25(30)27-14-6-2-7-15-27/h4-5,10-13,18H,2-3,6-9,14-17H2,1H3,(H,26,29). The van der Waals surface area contributed by atoms with Gasteiger partial charge in [0.1, 0.15) is 0 Å². The molecule has 0 atom stereocenters. The molecular weight excluding hydrogens is 438 g/mol. The van der Waals surface area contributed by atoms with Gasteiger partial charge in [-0.05, 0) is 68.9 Å². The quantitative estimate of drug-likeness (QED) is 0.716. The highest BCUT2D eigenvalue weighted by Gasteiger charge is 2.27. The van der Waals surface area contributed by atoms with Crippen molar-refractivity contribution in [3.63, 3.8) is 0 Å². The largest absolute Gasteiger partial charge is 0.339 e. The summed E-state index contributed by atoms with van der Waals surface area (Å²) in [4.78, 5) is 28.2. The number of anilines is 1. The van der Waals surface area contributed by atoms with Gasteiger partial charge in [0.15, 0.2) is 0 Å². The van der Waals surface area contributed by atoms with E-state index in [2.05, 4.69) is 5.32 Å². The SMILES string of the molecule is Cc1ccc(S(=O)(=O)N2CCCCC2)cc1C(=O)Nc1ccccc1C(=O)N1CCCCC1. The van der Waals surface area contributed by atoms with Crippen molar-refractivity contribution in [2.45, 2.75) is 50.3 Å². The van der Waals surface area contributed by atoms with Crippen molar-refractivity contribution in [1.29, 1.82) is 0 Å². The van der Waals surface area contributed by atoms with Crippen molar-refractivity contribution in [3.05, 3.63) is 59.2 Å². The number of carbonyl (C=O) groups is 2. The minimum absolute atomic E-state index is 0.0938. The Morgan fingerprint density at radius 2 is 1.45 bits per heavy atom. The van der Waals surface area contributed by atoms with E-state index in [9.17, 15) is 18.0 Å². The Labute approximate surface area is 195 Å². The van der Waals surface area contributed by atoms with E-state index in [0.717, 1.165) is 51.6 Å². The van der Waals surface area contributed by atoms with E-state index in [4.69, 9.17) is 0 Å². The topological polar surface area (TPSA) is 86.8 Å². The van der Waals surface area contributed by atoms with Crippen LogP contribution in [0.5, 0.6) is 0 Å². The zero-order chi connectivity index (χ0) is 23.4. The molecule has 2 aliphatic rings. The number of hydrogen-bond acceptors (Lipinski definition) is 4. The fourth-order valence-electron chi connectivity index (χ4n) is 4.50. The van der Waals surface area contributed by atoms with Gasteiger partial charge in [-0.1, -0.05) is 24.6 Å². The lowest BCUT2D eigenvalue weighted by molar-refractivity contribution is 0.0725. The molecule has 2 saturated heterocycles. The van der Waals surface area contributed by atoms with Crippen molar-refractivity contribution in [1.82, 2.24) is 9.21 Å². The van der Waals surface area contributed by atoms with Gasteiger partial charge in [0.25, 0.3) is 11.8 Å². The minimum atomic E-state index is -3.65. The lowest BCUT2D eigenvalue weighted by atomic mass is 10.1. The Hall–Kier alpha value is -2.71. The average molecular weight is 470 g/mol. The second kappa shape index (κ2) is 10.1. The predicted octanol–water partition coefficient (Wildman–Crippen LogP) is 4.05. The molecular formula is C25H31N3O4S. The van der Waals surface area contributed by atoms with Gasteiger partial charge in [-0.25, -0.2) is 8.42 Å². The first-order valence-electron chi connectivity index (χ1n) is 11.7. The number of hydrogen-bond donors (Lipinski definition) is 1. The van der Waals surface area contributed by atoms with Gasteiger partial charge in [0, 0.05) is 31.7 Å². The highest BCUT2D eigenvalue weighted by atomic mass is 32.2. The van der Waals surface area contributed by atoms with Gasteiger partial charge in [0.05, 0.1) is 16.1 Å². The summed E-state index contributed by atoms with van der Waals surface area (Å²) in [7, 11) is -3.65. The predicted molar refractivity (Wildman–Crippen MR) is 128 cm³/mol. The van der Waals surface area contributed by atoms with Crippen LogP contribution in [0.15, 0.2) is 47.4 Å². The fourth-order valence-corrected chi connectivity index (χ4v) is 6.04. The summed E-state index contributed by atoms with van der Waals surface area (Å²) in [5.41, 5.74) is 1.84. The van der Waals surface area contributed by atoms with Gasteiger partial charge in [-0.2, -0.15) is 4.31 Å². The first-order valence-corrected chi connectivity index (χ1v) is 13.1. The third-order valence-corrected chi connectivity index (χ3v) is 8.35. The molecule has 0 radical (unpaired) electrons. The molecule has 8 heteroatoms. The van der Waals surface area contributed by atoms with Crippen molar-refractivity contribution >= 4 is 27.5 Å². The van der Waals surface area contributed by atoms with Crippen molar-refractivity contribution < 1.29 is 18.0 Å². The van der Waals surface area contributed by atoms with Crippen LogP contribution >= 0.6 is 0 Å². The van der Waals surface area contributed by atoms with Gasteiger partial charge in [-0.3, -0.25) is 9.59 Å². The molecule has 0 aliphatic carbocycles. The van der Waals surface area contributed by atoms with Gasteiger partial charge in [0.2, 0.25) is 10.0 Å². The third kappa shape index (κ3) is 5.12. The maximum absolute atomic E-state index is 13.2. The van der Waals surface area contributed by atoms with Crippen molar-refractivity contribution in [2.75, 3.05) is 31.5 Å². The van der Waals surface area contributed by atoms with E-state index in [-0.39, 0.29) is 16.4 Å². The number of nitrogens with one attached hydrogen (secondary N) is 1. The molecule has 2 aromatic rings. The number of sulfonamides is 1. The number of carbonyl (C=O) groups excluding carboxylic acids is 2. The summed E-state index contributed by atoms with van der Waals surface area (Å²) >= 11 is 0. The van der Waals surface area contributed by atoms with Crippen LogP contribution in [-0.2, 0) is 10.0 Å². The first kappa shape index (κ1) is 23.4. The fraction of sp³-hybridized carbons (Fsp3) is 0.440.